The van der Waals surface area contributed by atoms with Crippen LogP contribution in [0.25, 0.3) is 11.0 Å². The van der Waals surface area contributed by atoms with Gasteiger partial charge in [-0.3, -0.25) is 4.79 Å². The van der Waals surface area contributed by atoms with E-state index in [1.807, 2.05) is 4.90 Å². The summed E-state index contributed by atoms with van der Waals surface area (Å²) >= 11 is 0. The van der Waals surface area contributed by atoms with Crippen LogP contribution in [0.5, 0.6) is 0 Å². The van der Waals surface area contributed by atoms with Crippen molar-refractivity contribution in [1.82, 2.24) is 15.4 Å². The van der Waals surface area contributed by atoms with Gasteiger partial charge in [0.25, 0.3) is 0 Å². The standard InChI is InChI=1S/C20H24FN3O4/c21-14-3-6-16-17(11-14)28-23-18(16)12-7-9-24(10-8-12)20(27)22-15-4-1-13(2-5-15)19(25)26/h3,6,11-13,15H,1-2,4-5,7-10H2,(H,22,27)(H,25,26). The van der Waals surface area contributed by atoms with Gasteiger partial charge in [0.05, 0.1) is 11.6 Å². The summed E-state index contributed by atoms with van der Waals surface area (Å²) in [6.45, 7) is 1.24. The number of carbonyl (C=O) groups is 2. The molecule has 1 saturated heterocycles. The predicted molar refractivity (Wildman–Crippen MR) is 99.4 cm³/mol. The van der Waals surface area contributed by atoms with Gasteiger partial charge in [-0.25, -0.2) is 9.18 Å². The molecule has 2 aromatic rings. The number of carboxylic acid groups (broad SMARTS) is 1. The molecule has 0 atom stereocenters. The number of nitrogens with zero attached hydrogens (tertiary/aromatic N) is 2. The summed E-state index contributed by atoms with van der Waals surface area (Å²) in [6.07, 6.45) is 4.20. The second-order valence-corrected chi connectivity index (χ2v) is 7.81. The highest BCUT2D eigenvalue weighted by molar-refractivity contribution is 5.80. The SMILES string of the molecule is O=C(O)C1CCC(NC(=O)N2CCC(c3noc4cc(F)ccc34)CC2)CC1. The molecule has 0 unspecified atom stereocenters. The molecule has 1 aromatic carbocycles. The number of carbonyl (C=O) groups excluding carboxylic acids is 1. The van der Waals surface area contributed by atoms with E-state index < -0.39 is 5.97 Å². The van der Waals surface area contributed by atoms with Crippen LogP contribution in [0.2, 0.25) is 0 Å². The highest BCUT2D eigenvalue weighted by Crippen LogP contribution is 2.33. The van der Waals surface area contributed by atoms with Crippen LogP contribution in [0.3, 0.4) is 0 Å². The second kappa shape index (κ2) is 7.77. The fraction of sp³-hybridized carbons (Fsp3) is 0.550. The monoisotopic (exact) mass is 389 g/mol. The van der Waals surface area contributed by atoms with E-state index in [1.54, 1.807) is 6.07 Å². The van der Waals surface area contributed by atoms with Gasteiger partial charge in [-0.1, -0.05) is 5.16 Å². The summed E-state index contributed by atoms with van der Waals surface area (Å²) in [4.78, 5) is 25.4. The van der Waals surface area contributed by atoms with Crippen molar-refractivity contribution in [3.05, 3.63) is 29.7 Å². The third kappa shape index (κ3) is 3.81. The van der Waals surface area contributed by atoms with Gasteiger partial charge in [-0.05, 0) is 50.7 Å². The Kier molecular flexibility index (Phi) is 5.19. The molecule has 150 valence electrons. The minimum Gasteiger partial charge on any atom is -0.481 e. The number of carboxylic acids is 1. The number of hydrogen-bond donors (Lipinski definition) is 2. The Morgan fingerprint density at radius 2 is 1.86 bits per heavy atom. The third-order valence-corrected chi connectivity index (χ3v) is 6.03. The lowest BCUT2D eigenvalue weighted by Crippen LogP contribution is -2.48. The van der Waals surface area contributed by atoms with Crippen molar-refractivity contribution in [2.24, 2.45) is 5.92 Å². The van der Waals surface area contributed by atoms with Crippen molar-refractivity contribution in [1.29, 1.82) is 0 Å². The molecule has 1 aliphatic heterocycles. The third-order valence-electron chi connectivity index (χ3n) is 6.03. The predicted octanol–water partition coefficient (Wildman–Crippen LogP) is 3.50. The van der Waals surface area contributed by atoms with E-state index in [0.29, 0.717) is 44.4 Å². The molecule has 2 fully saturated rings. The average molecular weight is 389 g/mol. The molecule has 7 nitrogen and oxygen atoms in total. The fourth-order valence-electron chi connectivity index (χ4n) is 4.33. The van der Waals surface area contributed by atoms with Crippen LogP contribution in [-0.2, 0) is 4.79 Å². The molecular weight excluding hydrogens is 365 g/mol. The lowest BCUT2D eigenvalue weighted by molar-refractivity contribution is -0.142. The Labute approximate surface area is 161 Å². The van der Waals surface area contributed by atoms with Crippen molar-refractivity contribution in [2.45, 2.75) is 50.5 Å². The van der Waals surface area contributed by atoms with Gasteiger partial charge in [0.15, 0.2) is 5.58 Å². The Morgan fingerprint density at radius 3 is 2.54 bits per heavy atom. The summed E-state index contributed by atoms with van der Waals surface area (Å²) in [5.41, 5.74) is 1.29. The highest BCUT2D eigenvalue weighted by atomic mass is 19.1. The number of benzene rings is 1. The normalized spacial score (nSPS) is 23.7. The summed E-state index contributed by atoms with van der Waals surface area (Å²) < 4.78 is 18.6. The van der Waals surface area contributed by atoms with Crippen LogP contribution in [0.15, 0.2) is 22.7 Å². The van der Waals surface area contributed by atoms with Crippen molar-refractivity contribution in [3.63, 3.8) is 0 Å². The first kappa shape index (κ1) is 18.7. The number of rotatable bonds is 3. The number of aliphatic carboxylic acids is 1. The average Bonchev–Trinajstić information content (AvgIpc) is 3.11. The number of likely N-dealkylation sites (tertiary alicyclic amines) is 1. The molecule has 1 aromatic heterocycles. The molecule has 0 bridgehead atoms. The molecule has 28 heavy (non-hydrogen) atoms. The fourth-order valence-corrected chi connectivity index (χ4v) is 4.33. The van der Waals surface area contributed by atoms with Gasteiger partial charge in [-0.2, -0.15) is 0 Å². The molecule has 8 heteroatoms. The number of aromatic nitrogens is 1. The Bertz CT molecular complexity index is 867. The zero-order valence-corrected chi connectivity index (χ0v) is 15.6. The van der Waals surface area contributed by atoms with Crippen molar-refractivity contribution < 1.29 is 23.6 Å². The van der Waals surface area contributed by atoms with Crippen LogP contribution in [0, 0.1) is 11.7 Å². The van der Waals surface area contributed by atoms with Gasteiger partial charge < -0.3 is 19.8 Å². The zero-order valence-electron chi connectivity index (χ0n) is 15.6. The van der Waals surface area contributed by atoms with E-state index in [4.69, 9.17) is 9.63 Å². The zero-order chi connectivity index (χ0) is 19.7. The number of urea groups is 1. The molecule has 1 aliphatic carbocycles. The minimum absolute atomic E-state index is 0.0511. The maximum atomic E-state index is 13.3. The topological polar surface area (TPSA) is 95.7 Å². The van der Waals surface area contributed by atoms with Gasteiger partial charge in [0.1, 0.15) is 5.82 Å². The number of piperidine rings is 1. The van der Waals surface area contributed by atoms with Crippen molar-refractivity contribution >= 4 is 23.0 Å². The number of hydrogen-bond acceptors (Lipinski definition) is 4. The first-order valence-electron chi connectivity index (χ1n) is 9.84. The van der Waals surface area contributed by atoms with Crippen LogP contribution < -0.4 is 5.32 Å². The van der Waals surface area contributed by atoms with Crippen molar-refractivity contribution in [2.75, 3.05) is 13.1 Å². The Balaban J connectivity index is 1.30. The van der Waals surface area contributed by atoms with E-state index in [9.17, 15) is 14.0 Å². The quantitative estimate of drug-likeness (QED) is 0.838. The summed E-state index contributed by atoms with van der Waals surface area (Å²) in [5.74, 6) is -1.19. The molecular formula is C20H24FN3O4. The molecule has 4 rings (SSSR count). The first-order chi connectivity index (χ1) is 13.5. The molecule has 2 heterocycles. The molecule has 0 spiro atoms. The van der Waals surface area contributed by atoms with E-state index in [1.165, 1.54) is 12.1 Å². The lowest BCUT2D eigenvalue weighted by Gasteiger charge is -2.34. The van der Waals surface area contributed by atoms with Gasteiger partial charge in [0, 0.05) is 36.5 Å². The maximum Gasteiger partial charge on any atom is 0.317 e. The van der Waals surface area contributed by atoms with Crippen LogP contribution >= 0.6 is 0 Å². The number of halogens is 1. The Morgan fingerprint density at radius 1 is 1.14 bits per heavy atom. The van der Waals surface area contributed by atoms with Gasteiger partial charge >= 0.3 is 12.0 Å². The number of nitrogens with one attached hydrogen (secondary N) is 1. The summed E-state index contributed by atoms with van der Waals surface area (Å²) in [7, 11) is 0. The van der Waals surface area contributed by atoms with E-state index in [-0.39, 0.29) is 29.7 Å². The van der Waals surface area contributed by atoms with Crippen LogP contribution in [-0.4, -0.2) is 46.3 Å². The maximum absolute atomic E-state index is 13.3. The van der Waals surface area contributed by atoms with Gasteiger partial charge in [0.2, 0.25) is 0 Å². The van der Waals surface area contributed by atoms with Crippen LogP contribution in [0.4, 0.5) is 9.18 Å². The Hall–Kier alpha value is -2.64. The molecule has 1 saturated carbocycles. The molecule has 2 amide bonds. The minimum atomic E-state index is -0.741. The van der Waals surface area contributed by atoms with E-state index in [2.05, 4.69) is 10.5 Å². The lowest BCUT2D eigenvalue weighted by atomic mass is 9.86. The van der Waals surface area contributed by atoms with Gasteiger partial charge in [-0.15, -0.1) is 0 Å². The van der Waals surface area contributed by atoms with E-state index >= 15 is 0 Å². The first-order valence-corrected chi connectivity index (χ1v) is 9.84. The molecule has 2 aliphatic rings. The molecule has 0 radical (unpaired) electrons. The number of fused-ring (bicyclic) bond motifs is 1. The molecule has 2 N–H and O–H groups in total. The van der Waals surface area contributed by atoms with Crippen LogP contribution in [0.1, 0.15) is 50.1 Å². The van der Waals surface area contributed by atoms with Crippen molar-refractivity contribution in [3.8, 4) is 0 Å². The van der Waals surface area contributed by atoms with E-state index in [0.717, 1.165) is 23.9 Å². The summed E-state index contributed by atoms with van der Waals surface area (Å²) in [5, 5.41) is 17.1. The number of amides is 2. The largest absolute Gasteiger partial charge is 0.481 e. The summed E-state index contributed by atoms with van der Waals surface area (Å²) in [6, 6.07) is 4.42. The highest BCUT2D eigenvalue weighted by Gasteiger charge is 2.30. The smallest absolute Gasteiger partial charge is 0.317 e. The second-order valence-electron chi connectivity index (χ2n) is 7.81.